The summed E-state index contributed by atoms with van der Waals surface area (Å²) in [5, 5.41) is 0. The minimum absolute atomic E-state index is 0.296. The molecule has 1 nitrogen and oxygen atoms in total. The summed E-state index contributed by atoms with van der Waals surface area (Å²) in [6, 6.07) is 0. The predicted molar refractivity (Wildman–Crippen MR) is 44.6 cm³/mol. The van der Waals surface area contributed by atoms with Crippen LogP contribution in [-0.2, 0) is 4.74 Å². The minimum Gasteiger partial charge on any atom is -0.377 e. The van der Waals surface area contributed by atoms with Gasteiger partial charge in [-0.2, -0.15) is 0 Å². The molecule has 0 aromatic heterocycles. The van der Waals surface area contributed by atoms with E-state index >= 15 is 0 Å². The second-order valence-corrected chi connectivity index (χ2v) is 3.93. The first-order valence-electron chi connectivity index (χ1n) is 2.56. The van der Waals surface area contributed by atoms with E-state index in [1.807, 2.05) is 0 Å². The van der Waals surface area contributed by atoms with Crippen LogP contribution in [0.15, 0.2) is 10.2 Å². The van der Waals surface area contributed by atoms with Crippen LogP contribution in [-0.4, -0.2) is 17.2 Å². The average Bonchev–Trinajstić information content (AvgIpc) is 1.90. The van der Waals surface area contributed by atoms with Crippen molar-refractivity contribution in [1.29, 1.82) is 0 Å². The van der Waals surface area contributed by atoms with Gasteiger partial charge in [-0.1, -0.05) is 20.7 Å². The highest BCUT2D eigenvalue weighted by atomic mass is 127. The van der Waals surface area contributed by atoms with Gasteiger partial charge in [-0.15, -0.1) is 0 Å². The van der Waals surface area contributed by atoms with E-state index in [0.29, 0.717) is 26.8 Å². The van der Waals surface area contributed by atoms with Gasteiger partial charge < -0.3 is 4.74 Å². The van der Waals surface area contributed by atoms with E-state index in [1.165, 1.54) is 0 Å². The average molecular weight is 224 g/mol. The van der Waals surface area contributed by atoms with E-state index in [2.05, 4.69) is 14.2 Å². The second kappa shape index (κ2) is 3.35. The number of methoxy groups -OCH3 is 1. The molecule has 0 fully saturated rings. The van der Waals surface area contributed by atoms with Crippen molar-refractivity contribution in [2.24, 2.45) is 0 Å². The fourth-order valence-electron chi connectivity index (χ4n) is 0.567. The Morgan fingerprint density at radius 3 is 3.00 bits per heavy atom. The maximum atomic E-state index is 5.09. The fourth-order valence-corrected chi connectivity index (χ4v) is 2.36. The molecule has 0 bridgehead atoms. The lowest BCUT2D eigenvalue weighted by Gasteiger charge is -2.08. The lowest BCUT2D eigenvalue weighted by Crippen LogP contribution is -2.07. The molecule has 0 aromatic carbocycles. The van der Waals surface area contributed by atoms with Crippen molar-refractivity contribution in [2.75, 3.05) is 7.11 Å². The van der Waals surface area contributed by atoms with Gasteiger partial charge in [0.05, 0.1) is 6.10 Å². The van der Waals surface area contributed by atoms with Crippen LogP contribution >= 0.6 is 20.7 Å². The molecule has 0 N–H and O–H groups in total. The van der Waals surface area contributed by atoms with Crippen molar-refractivity contribution in [1.82, 2.24) is 0 Å². The predicted octanol–water partition coefficient (Wildman–Crippen LogP) is 1.69. The van der Waals surface area contributed by atoms with Gasteiger partial charge in [-0.25, -0.2) is 0 Å². The molecule has 2 heteroatoms. The maximum Gasteiger partial charge on any atom is 0.0798 e. The molecule has 1 aliphatic rings. The molecule has 0 aromatic rings. The molecular formula is C6H9IO. The molecule has 8 heavy (non-hydrogen) atoms. The van der Waals surface area contributed by atoms with Gasteiger partial charge in [0.1, 0.15) is 0 Å². The molecule has 0 aliphatic carbocycles. The monoisotopic (exact) mass is 224 g/mol. The quantitative estimate of drug-likeness (QED) is 0.616. The normalized spacial score (nSPS) is 27.4. The molecule has 0 spiro atoms. The summed E-state index contributed by atoms with van der Waals surface area (Å²) in [5.41, 5.74) is 0. The Morgan fingerprint density at radius 1 is 1.75 bits per heavy atom. The molecule has 0 amide bonds. The smallest absolute Gasteiger partial charge is 0.0798 e. The number of hydrogen-bond acceptors (Lipinski definition) is 1. The van der Waals surface area contributed by atoms with E-state index in [1.54, 1.807) is 7.11 Å². The first kappa shape index (κ1) is 6.42. The minimum atomic E-state index is 0.296. The van der Waals surface area contributed by atoms with E-state index < -0.39 is 0 Å². The van der Waals surface area contributed by atoms with Gasteiger partial charge in [0.25, 0.3) is 0 Å². The van der Waals surface area contributed by atoms with E-state index in [4.69, 9.17) is 4.74 Å². The van der Waals surface area contributed by atoms with Crippen molar-refractivity contribution in [3.05, 3.63) is 10.2 Å². The molecule has 0 saturated carbocycles. The Labute approximate surface area is 59.5 Å². The van der Waals surface area contributed by atoms with Crippen LogP contribution in [0.4, 0.5) is 0 Å². The Hall–Kier alpha value is 0.300. The Morgan fingerprint density at radius 2 is 2.62 bits per heavy atom. The number of hydrogen-bond donors (Lipinski definition) is 0. The largest absolute Gasteiger partial charge is 0.377 e. The zero-order valence-corrected chi connectivity index (χ0v) is 6.96. The lowest BCUT2D eigenvalue weighted by molar-refractivity contribution is 0.148. The summed E-state index contributed by atoms with van der Waals surface area (Å²) < 4.78 is 9.68. The zero-order valence-electron chi connectivity index (χ0n) is 4.80. The fraction of sp³-hybridized carbons (Fsp3) is 0.500. The van der Waals surface area contributed by atoms with Crippen LogP contribution in [0.25, 0.3) is 0 Å². The standard InChI is InChI=1S/C6H9IO/c1-8-6-2-4-7-5-3-6/h2,4-6H,3H2,1H3. The van der Waals surface area contributed by atoms with Gasteiger partial charge in [-0.05, 0) is 14.2 Å². The van der Waals surface area contributed by atoms with Crippen LogP contribution in [0.5, 0.6) is 0 Å². The SMILES string of the molecule is COC1C=CI=CC1. The molecule has 1 heterocycles. The van der Waals surface area contributed by atoms with Crippen molar-refractivity contribution in [2.45, 2.75) is 12.5 Å². The third kappa shape index (κ3) is 1.67. The molecular weight excluding hydrogens is 215 g/mol. The first-order chi connectivity index (χ1) is 3.93. The molecule has 1 unspecified atom stereocenters. The van der Waals surface area contributed by atoms with Gasteiger partial charge in [0.15, 0.2) is 0 Å². The maximum absolute atomic E-state index is 5.09. The van der Waals surface area contributed by atoms with E-state index in [-0.39, 0.29) is 0 Å². The molecule has 0 radical (unpaired) electrons. The van der Waals surface area contributed by atoms with E-state index in [9.17, 15) is 0 Å². The van der Waals surface area contributed by atoms with Crippen LogP contribution < -0.4 is 0 Å². The third-order valence-electron chi connectivity index (χ3n) is 1.07. The topological polar surface area (TPSA) is 9.23 Å². The Balaban J connectivity index is 2.40. The van der Waals surface area contributed by atoms with Gasteiger partial charge >= 0.3 is 0 Å². The summed E-state index contributed by atoms with van der Waals surface area (Å²) in [6.07, 6.45) is 3.66. The third-order valence-corrected chi connectivity index (χ3v) is 2.92. The first-order valence-corrected chi connectivity index (χ1v) is 5.05. The second-order valence-electron chi connectivity index (χ2n) is 1.61. The van der Waals surface area contributed by atoms with Crippen molar-refractivity contribution >= 4 is 24.7 Å². The summed E-state index contributed by atoms with van der Waals surface area (Å²) in [5.74, 6) is 0. The highest BCUT2D eigenvalue weighted by Crippen LogP contribution is 2.10. The van der Waals surface area contributed by atoms with Crippen LogP contribution in [0.3, 0.4) is 0 Å². The van der Waals surface area contributed by atoms with Crippen LogP contribution in [0, 0.1) is 0 Å². The summed E-state index contributed by atoms with van der Waals surface area (Å²) in [7, 11) is 1.76. The number of ether oxygens (including phenoxy) is 1. The molecule has 0 saturated heterocycles. The molecule has 1 aliphatic heterocycles. The Kier molecular flexibility index (Phi) is 2.69. The number of halogens is 1. The highest BCUT2D eigenvalue weighted by Gasteiger charge is 2.00. The van der Waals surface area contributed by atoms with Gasteiger partial charge in [-0.3, -0.25) is 0 Å². The van der Waals surface area contributed by atoms with Crippen LogP contribution in [0.1, 0.15) is 6.42 Å². The van der Waals surface area contributed by atoms with Gasteiger partial charge in [0, 0.05) is 13.5 Å². The van der Waals surface area contributed by atoms with Gasteiger partial charge in [0.2, 0.25) is 0 Å². The molecule has 1 atom stereocenters. The molecule has 46 valence electrons. The van der Waals surface area contributed by atoms with E-state index in [0.717, 1.165) is 6.42 Å². The summed E-state index contributed by atoms with van der Waals surface area (Å²) in [6.45, 7) is 0. The Bertz CT molecular complexity index is 118. The lowest BCUT2D eigenvalue weighted by atomic mass is 10.3. The summed E-state index contributed by atoms with van der Waals surface area (Å²) in [4.78, 5) is 0. The highest BCUT2D eigenvalue weighted by molar-refractivity contribution is 14.2. The summed E-state index contributed by atoms with van der Waals surface area (Å²) >= 11 is 0.296. The zero-order chi connectivity index (χ0) is 5.82. The van der Waals surface area contributed by atoms with Crippen molar-refractivity contribution in [3.8, 4) is 0 Å². The molecule has 1 rings (SSSR count). The van der Waals surface area contributed by atoms with Crippen molar-refractivity contribution < 1.29 is 4.74 Å². The van der Waals surface area contributed by atoms with Crippen LogP contribution in [0.2, 0.25) is 0 Å². The number of rotatable bonds is 1. The van der Waals surface area contributed by atoms with Crippen molar-refractivity contribution in [3.63, 3.8) is 0 Å².